The molecule has 0 aromatic carbocycles. The maximum atomic E-state index is 12.6. The molecular weight excluding hydrogens is 296 g/mol. The Kier molecular flexibility index (Phi) is 3.36. The minimum Gasteiger partial charge on any atom is -0.393 e. The highest BCUT2D eigenvalue weighted by Crippen LogP contribution is 2.81. The van der Waals surface area contributed by atoms with Crippen molar-refractivity contribution in [2.45, 2.75) is 84.2 Å². The van der Waals surface area contributed by atoms with E-state index in [-0.39, 0.29) is 11.5 Å². The number of hydrogen-bond acceptors (Lipinski definition) is 2. The molecule has 2 heteroatoms. The highest BCUT2D eigenvalue weighted by Gasteiger charge is 2.77. The average Bonchev–Trinajstić information content (AvgIpc) is 3.24. The molecule has 0 radical (unpaired) electrons. The van der Waals surface area contributed by atoms with Crippen molar-refractivity contribution >= 4 is 5.78 Å². The SMILES string of the molecule is CC[C@]12CC[C@H]3[C@@H](CC[C@H]4C[C@@H](O)CC[C@@H]43)[C@@H]1C[C@H]1C[C@]12C(C)=O. The highest BCUT2D eigenvalue weighted by atomic mass is 16.3. The molecule has 5 aliphatic carbocycles. The van der Waals surface area contributed by atoms with Crippen molar-refractivity contribution in [3.8, 4) is 0 Å². The summed E-state index contributed by atoms with van der Waals surface area (Å²) in [7, 11) is 0. The van der Waals surface area contributed by atoms with Gasteiger partial charge in [-0.15, -0.1) is 0 Å². The van der Waals surface area contributed by atoms with Crippen LogP contribution in [0, 0.1) is 46.3 Å². The van der Waals surface area contributed by atoms with Crippen LogP contribution in [0.2, 0.25) is 0 Å². The molecule has 0 bridgehead atoms. The van der Waals surface area contributed by atoms with Crippen LogP contribution in [-0.2, 0) is 4.79 Å². The number of carbonyl (C=O) groups is 1. The van der Waals surface area contributed by atoms with Gasteiger partial charge in [0.25, 0.3) is 0 Å². The van der Waals surface area contributed by atoms with Crippen molar-refractivity contribution in [2.24, 2.45) is 46.3 Å². The van der Waals surface area contributed by atoms with Crippen LogP contribution in [0.4, 0.5) is 0 Å². The van der Waals surface area contributed by atoms with Crippen molar-refractivity contribution in [1.29, 1.82) is 0 Å². The van der Waals surface area contributed by atoms with Crippen molar-refractivity contribution in [2.75, 3.05) is 0 Å². The first-order valence-electron chi connectivity index (χ1n) is 10.7. The molecule has 0 aliphatic heterocycles. The van der Waals surface area contributed by atoms with E-state index in [1.165, 1.54) is 51.4 Å². The molecule has 24 heavy (non-hydrogen) atoms. The fourth-order valence-electron chi connectivity index (χ4n) is 9.06. The van der Waals surface area contributed by atoms with E-state index in [1.54, 1.807) is 0 Å². The Labute approximate surface area is 146 Å². The number of hydrogen-bond donors (Lipinski definition) is 1. The van der Waals surface area contributed by atoms with E-state index in [0.29, 0.717) is 11.2 Å². The van der Waals surface area contributed by atoms with Gasteiger partial charge in [0.05, 0.1) is 6.10 Å². The molecule has 0 unspecified atom stereocenters. The number of carbonyl (C=O) groups excluding carboxylic acids is 1. The summed E-state index contributed by atoms with van der Waals surface area (Å²) in [6.45, 7) is 4.27. The Morgan fingerprint density at radius 2 is 1.83 bits per heavy atom. The molecule has 0 aromatic rings. The number of ketones is 1. The van der Waals surface area contributed by atoms with Crippen LogP contribution < -0.4 is 0 Å². The molecule has 0 spiro atoms. The Morgan fingerprint density at radius 3 is 2.58 bits per heavy atom. The zero-order chi connectivity index (χ0) is 16.7. The minimum absolute atomic E-state index is 0.0266. The minimum atomic E-state index is -0.0266. The smallest absolute Gasteiger partial charge is 0.136 e. The fraction of sp³-hybridized carbons (Fsp3) is 0.955. The molecule has 0 amide bonds. The van der Waals surface area contributed by atoms with E-state index >= 15 is 0 Å². The van der Waals surface area contributed by atoms with Gasteiger partial charge in [-0.05, 0) is 112 Å². The zero-order valence-electron chi connectivity index (χ0n) is 15.5. The first kappa shape index (κ1) is 15.9. The standard InChI is InChI=1S/C22H34O2/c1-3-21-9-8-18-17-7-5-16(24)10-14(17)4-6-19(18)20(21)11-15-12-22(15,21)13(2)23/h14-20,24H,3-12H2,1-2H3/t14-,15-,16-,17-,18+,19+,20-,21-,22-/m0/s1. The monoisotopic (exact) mass is 330 g/mol. The number of Topliss-reactive ketones (excluding diaryl/α,β-unsaturated/α-hetero) is 1. The summed E-state index contributed by atoms with van der Waals surface area (Å²) in [6.07, 6.45) is 12.5. The summed E-state index contributed by atoms with van der Waals surface area (Å²) in [4.78, 5) is 12.6. The van der Waals surface area contributed by atoms with Crippen LogP contribution in [0.3, 0.4) is 0 Å². The van der Waals surface area contributed by atoms with Gasteiger partial charge in [-0.25, -0.2) is 0 Å². The summed E-state index contributed by atoms with van der Waals surface area (Å²) in [6, 6.07) is 0. The molecule has 5 saturated carbocycles. The number of fused-ring (bicyclic) bond motifs is 7. The van der Waals surface area contributed by atoms with Crippen molar-refractivity contribution in [3.05, 3.63) is 0 Å². The van der Waals surface area contributed by atoms with Gasteiger partial charge >= 0.3 is 0 Å². The largest absolute Gasteiger partial charge is 0.393 e. The van der Waals surface area contributed by atoms with Crippen LogP contribution in [0.5, 0.6) is 0 Å². The van der Waals surface area contributed by atoms with Crippen molar-refractivity contribution in [3.63, 3.8) is 0 Å². The lowest BCUT2D eigenvalue weighted by Gasteiger charge is -2.58. The Morgan fingerprint density at radius 1 is 1.04 bits per heavy atom. The second-order valence-electron chi connectivity index (χ2n) is 10.1. The van der Waals surface area contributed by atoms with Crippen LogP contribution in [0.1, 0.15) is 78.1 Å². The number of rotatable bonds is 2. The third-order valence-electron chi connectivity index (χ3n) is 9.93. The van der Waals surface area contributed by atoms with Gasteiger partial charge in [0.2, 0.25) is 0 Å². The summed E-state index contributed by atoms with van der Waals surface area (Å²) in [5, 5.41) is 10.1. The topological polar surface area (TPSA) is 37.3 Å². The van der Waals surface area contributed by atoms with Gasteiger partial charge in [-0.2, -0.15) is 0 Å². The van der Waals surface area contributed by atoms with Crippen molar-refractivity contribution < 1.29 is 9.90 Å². The molecule has 1 N–H and O–H groups in total. The molecule has 134 valence electrons. The van der Waals surface area contributed by atoms with Gasteiger partial charge < -0.3 is 5.11 Å². The molecule has 5 fully saturated rings. The Hall–Kier alpha value is -0.370. The summed E-state index contributed by atoms with van der Waals surface area (Å²) in [5.41, 5.74) is 0.447. The van der Waals surface area contributed by atoms with Crippen LogP contribution in [0.15, 0.2) is 0 Å². The lowest BCUT2D eigenvalue weighted by atomic mass is 9.47. The molecule has 0 heterocycles. The first-order valence-corrected chi connectivity index (χ1v) is 10.7. The van der Waals surface area contributed by atoms with E-state index in [0.717, 1.165) is 48.3 Å². The molecule has 5 rings (SSSR count). The van der Waals surface area contributed by atoms with Gasteiger partial charge in [0.1, 0.15) is 5.78 Å². The lowest BCUT2D eigenvalue weighted by Crippen LogP contribution is -2.52. The average molecular weight is 331 g/mol. The Bertz CT molecular complexity index is 556. The van der Waals surface area contributed by atoms with Gasteiger partial charge in [0, 0.05) is 5.41 Å². The van der Waals surface area contributed by atoms with E-state index < -0.39 is 0 Å². The molecule has 2 nitrogen and oxygen atoms in total. The molecule has 0 aromatic heterocycles. The summed E-state index contributed by atoms with van der Waals surface area (Å²) < 4.78 is 0. The predicted octanol–water partition coefficient (Wildman–Crippen LogP) is 4.60. The number of aliphatic hydroxyl groups excluding tert-OH is 1. The maximum Gasteiger partial charge on any atom is 0.136 e. The maximum absolute atomic E-state index is 12.6. The molecule has 9 atom stereocenters. The highest BCUT2D eigenvalue weighted by molar-refractivity contribution is 5.87. The van der Waals surface area contributed by atoms with Crippen LogP contribution >= 0.6 is 0 Å². The van der Waals surface area contributed by atoms with E-state index in [9.17, 15) is 9.90 Å². The second-order valence-corrected chi connectivity index (χ2v) is 10.1. The van der Waals surface area contributed by atoms with Crippen molar-refractivity contribution in [1.82, 2.24) is 0 Å². The quantitative estimate of drug-likeness (QED) is 0.803. The summed E-state index contributed by atoms with van der Waals surface area (Å²) in [5.74, 6) is 5.54. The molecular formula is C22H34O2. The van der Waals surface area contributed by atoms with E-state index in [2.05, 4.69) is 6.92 Å². The second kappa shape index (κ2) is 5.09. The van der Waals surface area contributed by atoms with Gasteiger partial charge in [0.15, 0.2) is 0 Å². The van der Waals surface area contributed by atoms with E-state index in [4.69, 9.17) is 0 Å². The molecule has 5 aliphatic rings. The van der Waals surface area contributed by atoms with Gasteiger partial charge in [-0.1, -0.05) is 6.92 Å². The number of aliphatic hydroxyl groups is 1. The fourth-order valence-corrected chi connectivity index (χ4v) is 9.06. The third-order valence-corrected chi connectivity index (χ3v) is 9.93. The predicted molar refractivity (Wildman–Crippen MR) is 94.3 cm³/mol. The van der Waals surface area contributed by atoms with Crippen LogP contribution in [-0.4, -0.2) is 17.0 Å². The third kappa shape index (κ3) is 1.75. The van der Waals surface area contributed by atoms with Gasteiger partial charge in [-0.3, -0.25) is 4.79 Å². The molecule has 0 saturated heterocycles. The normalized spacial score (nSPS) is 58.2. The van der Waals surface area contributed by atoms with Crippen LogP contribution in [0.25, 0.3) is 0 Å². The first-order chi connectivity index (χ1) is 11.5. The van der Waals surface area contributed by atoms with E-state index in [1.807, 2.05) is 6.92 Å². The lowest BCUT2D eigenvalue weighted by molar-refractivity contribution is -0.137. The zero-order valence-corrected chi connectivity index (χ0v) is 15.5. The summed E-state index contributed by atoms with van der Waals surface area (Å²) >= 11 is 0. The Balaban J connectivity index is 1.45.